The average molecular weight is 401 g/mol. The van der Waals surface area contributed by atoms with Crippen LogP contribution < -0.4 is 0 Å². The number of ether oxygens (including phenoxy) is 4. The minimum absolute atomic E-state index is 0.0336. The number of hydrogen-bond acceptors (Lipinski definition) is 4. The quantitative estimate of drug-likeness (QED) is 0.102. The van der Waals surface area contributed by atoms with Crippen LogP contribution in [0.3, 0.4) is 0 Å². The van der Waals surface area contributed by atoms with Gasteiger partial charge < -0.3 is 18.9 Å². The lowest BCUT2D eigenvalue weighted by Gasteiger charge is -2.18. The molecule has 0 radical (unpaired) electrons. The minimum Gasteiger partial charge on any atom is -0.475 e. The summed E-state index contributed by atoms with van der Waals surface area (Å²) in [5, 5.41) is 0. The second-order valence-corrected chi connectivity index (χ2v) is 7.50. The van der Waals surface area contributed by atoms with Gasteiger partial charge in [0, 0.05) is 13.2 Å². The second-order valence-electron chi connectivity index (χ2n) is 7.50. The van der Waals surface area contributed by atoms with Gasteiger partial charge in [-0.1, -0.05) is 65.7 Å². The Morgan fingerprint density at radius 2 is 1.29 bits per heavy atom. The third-order valence-electron chi connectivity index (χ3n) is 4.65. The molecule has 0 spiro atoms. The summed E-state index contributed by atoms with van der Waals surface area (Å²) in [6.45, 7) is 9.40. The molecule has 4 heteroatoms. The first-order valence-electron chi connectivity index (χ1n) is 11.9. The summed E-state index contributed by atoms with van der Waals surface area (Å²) in [6.07, 6.45) is 20.3. The molecule has 0 aliphatic heterocycles. The number of hydrogen-bond donors (Lipinski definition) is 0. The summed E-state index contributed by atoms with van der Waals surface area (Å²) in [6, 6.07) is 0. The zero-order valence-electron chi connectivity index (χ0n) is 19.1. The Bertz CT molecular complexity index is 297. The molecule has 0 N–H and O–H groups in total. The highest BCUT2D eigenvalue weighted by molar-refractivity contribution is 4.72. The first kappa shape index (κ1) is 27.4. The predicted octanol–water partition coefficient (Wildman–Crippen LogP) is 7.37. The molecule has 0 atom stereocenters. The maximum absolute atomic E-state index is 5.87. The SMILES string of the molecule is CCCCCCCCOCOC=CCCCCC(OCCCC)OCCCC. The fraction of sp³-hybridized carbons (Fsp3) is 0.917. The molecule has 0 aromatic heterocycles. The van der Waals surface area contributed by atoms with Crippen molar-refractivity contribution in [1.82, 2.24) is 0 Å². The van der Waals surface area contributed by atoms with Crippen LogP contribution in [-0.4, -0.2) is 32.9 Å². The Balaban J connectivity index is 3.48. The van der Waals surface area contributed by atoms with Gasteiger partial charge in [0.15, 0.2) is 13.1 Å². The molecule has 0 saturated carbocycles. The van der Waals surface area contributed by atoms with Crippen LogP contribution in [0, 0.1) is 0 Å². The third-order valence-corrected chi connectivity index (χ3v) is 4.65. The molecule has 4 nitrogen and oxygen atoms in total. The van der Waals surface area contributed by atoms with E-state index in [9.17, 15) is 0 Å². The van der Waals surface area contributed by atoms with Crippen LogP contribution in [0.2, 0.25) is 0 Å². The van der Waals surface area contributed by atoms with Crippen molar-refractivity contribution in [1.29, 1.82) is 0 Å². The van der Waals surface area contributed by atoms with Gasteiger partial charge in [-0.25, -0.2) is 0 Å². The largest absolute Gasteiger partial charge is 0.475 e. The van der Waals surface area contributed by atoms with Gasteiger partial charge in [-0.15, -0.1) is 0 Å². The molecule has 0 aromatic carbocycles. The molecule has 28 heavy (non-hydrogen) atoms. The lowest BCUT2D eigenvalue weighted by molar-refractivity contribution is -0.147. The van der Waals surface area contributed by atoms with Crippen molar-refractivity contribution in [2.75, 3.05) is 26.6 Å². The van der Waals surface area contributed by atoms with E-state index in [-0.39, 0.29) is 6.29 Å². The lowest BCUT2D eigenvalue weighted by Crippen LogP contribution is -2.18. The Kier molecular flexibility index (Phi) is 24.0. The fourth-order valence-corrected chi connectivity index (χ4v) is 2.77. The molecular formula is C24H48O4. The Morgan fingerprint density at radius 1 is 0.643 bits per heavy atom. The van der Waals surface area contributed by atoms with E-state index in [1.165, 1.54) is 32.1 Å². The predicted molar refractivity (Wildman–Crippen MR) is 118 cm³/mol. The number of rotatable bonds is 23. The van der Waals surface area contributed by atoms with Crippen LogP contribution >= 0.6 is 0 Å². The minimum atomic E-state index is -0.0336. The molecule has 0 aliphatic carbocycles. The Morgan fingerprint density at radius 3 is 1.96 bits per heavy atom. The van der Waals surface area contributed by atoms with Crippen molar-refractivity contribution in [2.24, 2.45) is 0 Å². The maximum Gasteiger partial charge on any atom is 0.188 e. The first-order chi connectivity index (χ1) is 13.8. The van der Waals surface area contributed by atoms with Crippen molar-refractivity contribution >= 4 is 0 Å². The zero-order chi connectivity index (χ0) is 20.5. The molecular weight excluding hydrogens is 352 g/mol. The highest BCUT2D eigenvalue weighted by Crippen LogP contribution is 2.11. The average Bonchev–Trinajstić information content (AvgIpc) is 2.70. The molecule has 0 unspecified atom stereocenters. The summed E-state index contributed by atoms with van der Waals surface area (Å²) in [4.78, 5) is 0. The van der Waals surface area contributed by atoms with E-state index in [4.69, 9.17) is 18.9 Å². The smallest absolute Gasteiger partial charge is 0.188 e. The topological polar surface area (TPSA) is 36.9 Å². The maximum atomic E-state index is 5.87. The van der Waals surface area contributed by atoms with E-state index in [2.05, 4.69) is 26.8 Å². The third kappa shape index (κ3) is 21.7. The van der Waals surface area contributed by atoms with Gasteiger partial charge in [-0.2, -0.15) is 0 Å². The van der Waals surface area contributed by atoms with Gasteiger partial charge in [0.1, 0.15) is 0 Å². The van der Waals surface area contributed by atoms with Gasteiger partial charge in [-0.3, -0.25) is 0 Å². The highest BCUT2D eigenvalue weighted by Gasteiger charge is 2.08. The summed E-state index contributed by atoms with van der Waals surface area (Å²) in [7, 11) is 0. The Labute approximate surface area is 175 Å². The van der Waals surface area contributed by atoms with Crippen LogP contribution in [-0.2, 0) is 18.9 Å². The van der Waals surface area contributed by atoms with Crippen molar-refractivity contribution in [3.63, 3.8) is 0 Å². The van der Waals surface area contributed by atoms with Gasteiger partial charge >= 0.3 is 0 Å². The van der Waals surface area contributed by atoms with Gasteiger partial charge in [-0.05, 0) is 51.0 Å². The number of unbranched alkanes of at least 4 members (excludes halogenated alkanes) is 9. The summed E-state index contributed by atoms with van der Waals surface area (Å²) >= 11 is 0. The molecule has 168 valence electrons. The van der Waals surface area contributed by atoms with E-state index in [0.29, 0.717) is 6.79 Å². The molecule has 0 amide bonds. The normalized spacial score (nSPS) is 11.7. The molecule has 0 fully saturated rings. The second kappa shape index (κ2) is 24.5. The summed E-state index contributed by atoms with van der Waals surface area (Å²) in [5.41, 5.74) is 0. The van der Waals surface area contributed by atoms with Crippen molar-refractivity contribution in [2.45, 2.75) is 117 Å². The van der Waals surface area contributed by atoms with Crippen LogP contribution in [0.25, 0.3) is 0 Å². The van der Waals surface area contributed by atoms with Crippen LogP contribution in [0.5, 0.6) is 0 Å². The highest BCUT2D eigenvalue weighted by atomic mass is 16.7. The number of allylic oxidation sites excluding steroid dienone is 1. The molecule has 0 rings (SSSR count). The van der Waals surface area contributed by atoms with Crippen molar-refractivity contribution in [3.8, 4) is 0 Å². The molecule has 0 bridgehead atoms. The molecule has 0 saturated heterocycles. The molecule has 0 heterocycles. The van der Waals surface area contributed by atoms with E-state index in [0.717, 1.165) is 77.6 Å². The molecule has 0 aromatic rings. The summed E-state index contributed by atoms with van der Waals surface area (Å²) in [5.74, 6) is 0. The van der Waals surface area contributed by atoms with E-state index in [1.807, 2.05) is 0 Å². The zero-order valence-corrected chi connectivity index (χ0v) is 19.1. The monoisotopic (exact) mass is 400 g/mol. The van der Waals surface area contributed by atoms with Crippen LogP contribution in [0.4, 0.5) is 0 Å². The first-order valence-corrected chi connectivity index (χ1v) is 11.9. The Hall–Kier alpha value is -0.580. The van der Waals surface area contributed by atoms with Crippen molar-refractivity contribution < 1.29 is 18.9 Å². The van der Waals surface area contributed by atoms with E-state index in [1.54, 1.807) is 6.26 Å². The van der Waals surface area contributed by atoms with E-state index >= 15 is 0 Å². The van der Waals surface area contributed by atoms with Gasteiger partial charge in [0.2, 0.25) is 0 Å². The standard InChI is InChI=1S/C24H48O4/c1-4-7-10-11-13-16-19-25-23-26-20-17-14-12-15-18-24(27-21-8-5-2)28-22-9-6-3/h17,20,24H,4-16,18-19,21-23H2,1-3H3. The fourth-order valence-electron chi connectivity index (χ4n) is 2.77. The van der Waals surface area contributed by atoms with Crippen LogP contribution in [0.1, 0.15) is 111 Å². The van der Waals surface area contributed by atoms with Crippen LogP contribution in [0.15, 0.2) is 12.3 Å². The van der Waals surface area contributed by atoms with Crippen molar-refractivity contribution in [3.05, 3.63) is 12.3 Å². The summed E-state index contributed by atoms with van der Waals surface area (Å²) < 4.78 is 22.6. The molecule has 0 aliphatic rings. The van der Waals surface area contributed by atoms with Gasteiger partial charge in [0.25, 0.3) is 0 Å². The van der Waals surface area contributed by atoms with Gasteiger partial charge in [0.05, 0.1) is 12.9 Å². The lowest BCUT2D eigenvalue weighted by atomic mass is 10.1. The van der Waals surface area contributed by atoms with E-state index < -0.39 is 0 Å².